The maximum absolute atomic E-state index is 12.4. The van der Waals surface area contributed by atoms with Crippen LogP contribution in [0.5, 0.6) is 0 Å². The van der Waals surface area contributed by atoms with Gasteiger partial charge in [-0.2, -0.15) is 0 Å². The summed E-state index contributed by atoms with van der Waals surface area (Å²) in [6.45, 7) is 29.9. The fourth-order valence-corrected chi connectivity index (χ4v) is 7.42. The minimum atomic E-state index is -1.97. The monoisotopic (exact) mass is 528 g/mol. The van der Waals surface area contributed by atoms with Crippen molar-refractivity contribution in [3.05, 3.63) is 0 Å². The molecule has 1 saturated heterocycles. The molecule has 1 heterocycles. The van der Waals surface area contributed by atoms with Gasteiger partial charge in [0.25, 0.3) is 0 Å². The van der Waals surface area contributed by atoms with Crippen molar-refractivity contribution in [3.8, 4) is 0 Å². The zero-order valence-electron chi connectivity index (χ0n) is 25.1. The smallest absolute Gasteiger partial charge is 0.308 e. The summed E-state index contributed by atoms with van der Waals surface area (Å²) in [7, 11) is -3.87. The van der Waals surface area contributed by atoms with Gasteiger partial charge in [-0.25, -0.2) is 0 Å². The molecule has 2 rings (SSSR count). The molecule has 0 aromatic rings. The zero-order valence-corrected chi connectivity index (χ0v) is 27.1. The zero-order chi connectivity index (χ0) is 27.0. The summed E-state index contributed by atoms with van der Waals surface area (Å²) in [6.07, 6.45) is 3.40. The Morgan fingerprint density at radius 2 is 1.51 bits per heavy atom. The molecule has 5 nitrogen and oxygen atoms in total. The van der Waals surface area contributed by atoms with Gasteiger partial charge in [0.15, 0.2) is 16.6 Å². The predicted molar refractivity (Wildman–Crippen MR) is 150 cm³/mol. The standard InChI is InChI=1S/C28H56O5Si2/c1-14-30-26(29)18-23-20(3)24(32-34(10,11)27(4,5)6)16-21(31-23)17-25(22-15-19(22)2)33-35(12,13)28(7,8)9/h19-25H,14-18H2,1-13H3/t19-,20-,21-,22-,23+,24-,25-/m0/s1. The molecule has 206 valence electrons. The first-order chi connectivity index (χ1) is 15.8. The first kappa shape index (κ1) is 31.0. The Hall–Kier alpha value is -0.216. The molecule has 35 heavy (non-hydrogen) atoms. The Labute approximate surface area is 218 Å². The van der Waals surface area contributed by atoms with E-state index in [9.17, 15) is 4.79 Å². The highest BCUT2D eigenvalue weighted by Crippen LogP contribution is 2.48. The van der Waals surface area contributed by atoms with Crippen molar-refractivity contribution in [2.75, 3.05) is 6.61 Å². The highest BCUT2D eigenvalue weighted by Gasteiger charge is 2.49. The molecule has 0 N–H and O–H groups in total. The Bertz CT molecular complexity index is 709. The van der Waals surface area contributed by atoms with E-state index >= 15 is 0 Å². The number of hydrogen-bond donors (Lipinski definition) is 0. The third-order valence-electron chi connectivity index (χ3n) is 9.36. The van der Waals surface area contributed by atoms with Gasteiger partial charge < -0.3 is 18.3 Å². The van der Waals surface area contributed by atoms with Gasteiger partial charge in [-0.05, 0) is 74.3 Å². The van der Waals surface area contributed by atoms with Gasteiger partial charge >= 0.3 is 5.97 Å². The molecule has 2 aliphatic rings. The maximum atomic E-state index is 12.4. The Kier molecular flexibility index (Phi) is 9.98. The summed E-state index contributed by atoms with van der Waals surface area (Å²) in [5.41, 5.74) is 0. The van der Waals surface area contributed by atoms with Crippen LogP contribution in [0.1, 0.15) is 88.0 Å². The molecule has 1 saturated carbocycles. The molecule has 0 amide bonds. The first-order valence-corrected chi connectivity index (χ1v) is 19.8. The molecule has 1 aliphatic heterocycles. The van der Waals surface area contributed by atoms with Crippen molar-refractivity contribution in [1.29, 1.82) is 0 Å². The molecule has 0 bridgehead atoms. The van der Waals surface area contributed by atoms with Crippen molar-refractivity contribution in [3.63, 3.8) is 0 Å². The van der Waals surface area contributed by atoms with Crippen LogP contribution in [0.3, 0.4) is 0 Å². The topological polar surface area (TPSA) is 54.0 Å². The molecular formula is C28H56O5Si2. The van der Waals surface area contributed by atoms with E-state index in [2.05, 4.69) is 81.6 Å². The van der Waals surface area contributed by atoms with Crippen LogP contribution in [-0.2, 0) is 23.1 Å². The second kappa shape index (κ2) is 11.3. The molecule has 7 atom stereocenters. The van der Waals surface area contributed by atoms with E-state index in [0.717, 1.165) is 12.8 Å². The summed E-state index contributed by atoms with van der Waals surface area (Å²) in [4.78, 5) is 12.4. The number of carbonyl (C=O) groups excluding carboxylic acids is 1. The molecule has 0 radical (unpaired) electrons. The van der Waals surface area contributed by atoms with Gasteiger partial charge in [0.2, 0.25) is 0 Å². The summed E-state index contributed by atoms with van der Waals surface area (Å²) >= 11 is 0. The minimum absolute atomic E-state index is 0.0305. The second-order valence-electron chi connectivity index (χ2n) is 14.3. The normalized spacial score (nSPS) is 31.2. The van der Waals surface area contributed by atoms with E-state index in [-0.39, 0.29) is 52.8 Å². The van der Waals surface area contributed by atoms with Crippen molar-refractivity contribution in [2.45, 2.75) is 149 Å². The lowest BCUT2D eigenvalue weighted by Gasteiger charge is -2.47. The van der Waals surface area contributed by atoms with Crippen LogP contribution in [0.15, 0.2) is 0 Å². The minimum Gasteiger partial charge on any atom is -0.466 e. The third-order valence-corrected chi connectivity index (χ3v) is 18.4. The largest absolute Gasteiger partial charge is 0.466 e. The lowest BCUT2D eigenvalue weighted by molar-refractivity contribution is -0.162. The summed E-state index contributed by atoms with van der Waals surface area (Å²) in [5, 5.41) is 0.306. The van der Waals surface area contributed by atoms with Crippen molar-refractivity contribution in [1.82, 2.24) is 0 Å². The van der Waals surface area contributed by atoms with E-state index in [1.54, 1.807) is 0 Å². The van der Waals surface area contributed by atoms with Gasteiger partial charge in [0.1, 0.15) is 0 Å². The second-order valence-corrected chi connectivity index (χ2v) is 23.9. The van der Waals surface area contributed by atoms with Crippen molar-refractivity contribution < 1.29 is 23.1 Å². The van der Waals surface area contributed by atoms with Gasteiger partial charge in [-0.1, -0.05) is 55.4 Å². The molecule has 7 heteroatoms. The number of hydrogen-bond acceptors (Lipinski definition) is 5. The van der Waals surface area contributed by atoms with Gasteiger partial charge in [0.05, 0.1) is 37.4 Å². The molecule has 0 aromatic heterocycles. The van der Waals surface area contributed by atoms with E-state index in [1.165, 1.54) is 6.42 Å². The van der Waals surface area contributed by atoms with Gasteiger partial charge in [0, 0.05) is 5.92 Å². The number of ether oxygens (including phenoxy) is 2. The predicted octanol–water partition coefficient (Wildman–Crippen LogP) is 7.56. The van der Waals surface area contributed by atoms with Crippen LogP contribution in [-0.4, -0.2) is 53.6 Å². The first-order valence-electron chi connectivity index (χ1n) is 14.0. The molecular weight excluding hydrogens is 472 g/mol. The van der Waals surface area contributed by atoms with E-state index in [0.29, 0.717) is 18.4 Å². The number of esters is 1. The van der Waals surface area contributed by atoms with Gasteiger partial charge in [-0.15, -0.1) is 0 Å². The van der Waals surface area contributed by atoms with E-state index in [4.69, 9.17) is 18.3 Å². The lowest BCUT2D eigenvalue weighted by atomic mass is 9.87. The van der Waals surface area contributed by atoms with Crippen molar-refractivity contribution >= 4 is 22.6 Å². The van der Waals surface area contributed by atoms with Crippen LogP contribution < -0.4 is 0 Å². The van der Waals surface area contributed by atoms with E-state index < -0.39 is 16.6 Å². The quantitative estimate of drug-likeness (QED) is 0.216. The molecule has 2 fully saturated rings. The third kappa shape index (κ3) is 8.13. The maximum Gasteiger partial charge on any atom is 0.308 e. The van der Waals surface area contributed by atoms with Crippen LogP contribution in [0.4, 0.5) is 0 Å². The van der Waals surface area contributed by atoms with Crippen LogP contribution in [0, 0.1) is 17.8 Å². The molecule has 0 unspecified atom stereocenters. The highest BCUT2D eigenvalue weighted by atomic mass is 28.4. The Balaban J connectivity index is 2.26. The average Bonchev–Trinajstić information content (AvgIpc) is 3.39. The highest BCUT2D eigenvalue weighted by molar-refractivity contribution is 6.74. The Morgan fingerprint density at radius 3 is 1.97 bits per heavy atom. The van der Waals surface area contributed by atoms with Crippen LogP contribution in [0.25, 0.3) is 0 Å². The SMILES string of the molecule is CCOC(=O)C[C@H]1O[C@H](C[C@H](O[Si](C)(C)C(C)(C)C)[C@H]2C[C@@H]2C)C[C@H](O[Si](C)(C)C(C)(C)C)[C@H]1C. The summed E-state index contributed by atoms with van der Waals surface area (Å²) in [6, 6.07) is 0. The lowest BCUT2D eigenvalue weighted by Crippen LogP contribution is -2.53. The summed E-state index contributed by atoms with van der Waals surface area (Å²) < 4.78 is 25.9. The van der Waals surface area contributed by atoms with Crippen LogP contribution in [0.2, 0.25) is 36.3 Å². The van der Waals surface area contributed by atoms with Crippen LogP contribution >= 0.6 is 0 Å². The fourth-order valence-electron chi connectivity index (χ4n) is 4.61. The van der Waals surface area contributed by atoms with E-state index in [1.807, 2.05) is 6.92 Å². The molecule has 0 aromatic carbocycles. The number of carbonyl (C=O) groups is 1. The molecule has 0 spiro atoms. The Morgan fingerprint density at radius 1 is 0.971 bits per heavy atom. The van der Waals surface area contributed by atoms with Crippen molar-refractivity contribution in [2.24, 2.45) is 17.8 Å². The number of rotatable bonds is 10. The summed E-state index contributed by atoms with van der Waals surface area (Å²) in [5.74, 6) is 1.28. The fraction of sp³-hybridized carbons (Fsp3) is 0.964. The average molecular weight is 529 g/mol. The molecule has 1 aliphatic carbocycles. The van der Waals surface area contributed by atoms with Gasteiger partial charge in [-0.3, -0.25) is 4.79 Å².